The number of fused-ring (bicyclic) bond motifs is 1. The number of para-hydroxylation sites is 1. The first-order chi connectivity index (χ1) is 13.8. The Hall–Kier alpha value is -2.27. The Kier molecular flexibility index (Phi) is 6.01. The molecule has 0 atom stereocenters. The number of carbonyl (C=O) groups is 1. The Morgan fingerprint density at radius 2 is 1.71 bits per heavy atom. The van der Waals surface area contributed by atoms with E-state index in [1.165, 1.54) is 11.4 Å². The number of benzene rings is 1. The van der Waals surface area contributed by atoms with E-state index in [1.54, 1.807) is 0 Å². The summed E-state index contributed by atoms with van der Waals surface area (Å²) in [5.74, 6) is 0.230. The van der Waals surface area contributed by atoms with Crippen LogP contribution in [-0.4, -0.2) is 66.1 Å². The molecule has 2 aliphatic heterocycles. The van der Waals surface area contributed by atoms with E-state index in [2.05, 4.69) is 62.7 Å². The highest BCUT2D eigenvalue weighted by molar-refractivity contribution is 5.95. The summed E-state index contributed by atoms with van der Waals surface area (Å²) in [5.41, 5.74) is 3.48. The van der Waals surface area contributed by atoms with Crippen LogP contribution >= 0.6 is 0 Å². The van der Waals surface area contributed by atoms with Crippen LogP contribution in [0.5, 0.6) is 0 Å². The lowest BCUT2D eigenvalue weighted by Crippen LogP contribution is -2.47. The van der Waals surface area contributed by atoms with Crippen molar-refractivity contribution in [2.24, 2.45) is 0 Å². The van der Waals surface area contributed by atoms with Crippen LogP contribution in [-0.2, 0) is 13.0 Å². The minimum Gasteiger partial charge on any atom is -0.369 e. The number of aromatic nitrogens is 1. The van der Waals surface area contributed by atoms with Crippen molar-refractivity contribution in [3.05, 3.63) is 53.9 Å². The van der Waals surface area contributed by atoms with Crippen molar-refractivity contribution in [2.45, 2.75) is 32.7 Å². The van der Waals surface area contributed by atoms with Gasteiger partial charge in [0.25, 0.3) is 5.91 Å². The Morgan fingerprint density at radius 1 is 0.929 bits per heavy atom. The molecule has 3 heterocycles. The smallest absolute Gasteiger partial charge is 0.255 e. The number of aryl methyl sites for hydroxylation is 1. The largest absolute Gasteiger partial charge is 0.369 e. The molecule has 1 amide bonds. The molecule has 1 aromatic carbocycles. The molecule has 0 unspecified atom stereocenters. The van der Waals surface area contributed by atoms with E-state index in [1.807, 2.05) is 6.07 Å². The summed E-state index contributed by atoms with van der Waals surface area (Å²) in [7, 11) is 0. The molecule has 0 saturated carbocycles. The Labute approximate surface area is 168 Å². The summed E-state index contributed by atoms with van der Waals surface area (Å²) in [6, 6.07) is 12.7. The second-order valence-corrected chi connectivity index (χ2v) is 7.88. The number of amides is 1. The van der Waals surface area contributed by atoms with Crippen molar-refractivity contribution in [1.29, 1.82) is 0 Å². The molecule has 0 N–H and O–H groups in total. The second kappa shape index (κ2) is 8.82. The predicted molar refractivity (Wildman–Crippen MR) is 114 cm³/mol. The monoisotopic (exact) mass is 380 g/mol. The van der Waals surface area contributed by atoms with E-state index in [4.69, 9.17) is 0 Å². The zero-order chi connectivity index (χ0) is 19.3. The minimum atomic E-state index is 0.230. The first kappa shape index (κ1) is 19.1. The number of piperazine rings is 1. The van der Waals surface area contributed by atoms with Gasteiger partial charge in [-0.2, -0.15) is 0 Å². The molecular weight excluding hydrogens is 348 g/mol. The van der Waals surface area contributed by atoms with Crippen LogP contribution in [0.3, 0.4) is 0 Å². The summed E-state index contributed by atoms with van der Waals surface area (Å²) in [6.45, 7) is 10.3. The number of hydrogen-bond acceptors (Lipinski definition) is 3. The Bertz CT molecular complexity index is 777. The van der Waals surface area contributed by atoms with E-state index >= 15 is 0 Å². The highest BCUT2D eigenvalue weighted by Gasteiger charge is 2.24. The van der Waals surface area contributed by atoms with Gasteiger partial charge in [0, 0.05) is 63.4 Å². The van der Waals surface area contributed by atoms with Crippen molar-refractivity contribution >= 4 is 11.6 Å². The third-order valence-corrected chi connectivity index (χ3v) is 6.17. The molecule has 5 heteroatoms. The van der Waals surface area contributed by atoms with Gasteiger partial charge in [-0.25, -0.2) is 0 Å². The van der Waals surface area contributed by atoms with Crippen LogP contribution in [0.1, 0.15) is 35.8 Å². The van der Waals surface area contributed by atoms with Gasteiger partial charge in [0.15, 0.2) is 0 Å². The highest BCUT2D eigenvalue weighted by Crippen LogP contribution is 2.21. The first-order valence-electron chi connectivity index (χ1n) is 10.8. The molecule has 2 aliphatic rings. The summed E-state index contributed by atoms with van der Waals surface area (Å²) < 4.78 is 2.23. The molecule has 0 spiro atoms. The maximum atomic E-state index is 12.9. The van der Waals surface area contributed by atoms with E-state index in [-0.39, 0.29) is 5.91 Å². The molecule has 2 aromatic rings. The Morgan fingerprint density at radius 3 is 2.46 bits per heavy atom. The lowest BCUT2D eigenvalue weighted by atomic mass is 10.2. The average Bonchev–Trinajstić information content (AvgIpc) is 3.09. The predicted octanol–water partition coefficient (Wildman–Crippen LogP) is 3.11. The van der Waals surface area contributed by atoms with E-state index in [0.29, 0.717) is 0 Å². The fourth-order valence-corrected chi connectivity index (χ4v) is 4.55. The summed E-state index contributed by atoms with van der Waals surface area (Å²) >= 11 is 0. The molecule has 1 aromatic heterocycles. The molecule has 0 aliphatic carbocycles. The maximum Gasteiger partial charge on any atom is 0.255 e. The molecular formula is C23H32N4O. The molecule has 4 rings (SSSR count). The van der Waals surface area contributed by atoms with E-state index in [9.17, 15) is 4.79 Å². The van der Waals surface area contributed by atoms with E-state index in [0.717, 1.165) is 77.2 Å². The summed E-state index contributed by atoms with van der Waals surface area (Å²) in [6.07, 6.45) is 5.21. The Balaban J connectivity index is 1.25. The topological polar surface area (TPSA) is 31.7 Å². The molecule has 28 heavy (non-hydrogen) atoms. The fraction of sp³-hybridized carbons (Fsp3) is 0.522. The van der Waals surface area contributed by atoms with Crippen molar-refractivity contribution in [2.75, 3.05) is 50.7 Å². The number of nitrogens with zero attached hydrogens (tertiary/aromatic N) is 4. The summed E-state index contributed by atoms with van der Waals surface area (Å²) in [4.78, 5) is 20.0. The van der Waals surface area contributed by atoms with Crippen LogP contribution < -0.4 is 4.90 Å². The van der Waals surface area contributed by atoms with Crippen molar-refractivity contribution in [3.63, 3.8) is 0 Å². The summed E-state index contributed by atoms with van der Waals surface area (Å²) in [5, 5.41) is 0. The van der Waals surface area contributed by atoms with Crippen molar-refractivity contribution in [1.82, 2.24) is 14.4 Å². The van der Waals surface area contributed by atoms with Gasteiger partial charge in [0.1, 0.15) is 0 Å². The molecule has 0 radical (unpaired) electrons. The number of carbonyl (C=O) groups excluding carboxylic acids is 1. The molecule has 1 fully saturated rings. The minimum absolute atomic E-state index is 0.230. The van der Waals surface area contributed by atoms with Gasteiger partial charge in [-0.15, -0.1) is 0 Å². The van der Waals surface area contributed by atoms with Gasteiger partial charge in [0.2, 0.25) is 0 Å². The lowest BCUT2D eigenvalue weighted by Gasteiger charge is -2.36. The molecule has 5 nitrogen and oxygen atoms in total. The van der Waals surface area contributed by atoms with Crippen LogP contribution in [0.4, 0.5) is 5.69 Å². The van der Waals surface area contributed by atoms with Gasteiger partial charge in [-0.3, -0.25) is 9.69 Å². The van der Waals surface area contributed by atoms with Crippen LogP contribution in [0.25, 0.3) is 0 Å². The van der Waals surface area contributed by atoms with Gasteiger partial charge in [0.05, 0.1) is 5.56 Å². The standard InChI is InChI=1S/C23H32N4O/c1-2-25-15-11-21-22(25)10-6-13-27(23(21)28)14-7-12-24-16-18-26(19-17-24)20-8-4-3-5-9-20/h3-5,8-9,11,15H,2,6-7,10,12-14,16-19H2,1H3. The van der Waals surface area contributed by atoms with Gasteiger partial charge in [-0.1, -0.05) is 18.2 Å². The van der Waals surface area contributed by atoms with Crippen LogP contribution in [0.2, 0.25) is 0 Å². The zero-order valence-corrected chi connectivity index (χ0v) is 17.0. The zero-order valence-electron chi connectivity index (χ0n) is 17.0. The number of anilines is 1. The third kappa shape index (κ3) is 4.09. The maximum absolute atomic E-state index is 12.9. The number of hydrogen-bond donors (Lipinski definition) is 0. The van der Waals surface area contributed by atoms with Gasteiger partial charge in [-0.05, 0) is 50.9 Å². The molecule has 150 valence electrons. The first-order valence-corrected chi connectivity index (χ1v) is 10.8. The van der Waals surface area contributed by atoms with Crippen LogP contribution in [0, 0.1) is 0 Å². The quantitative estimate of drug-likeness (QED) is 0.772. The van der Waals surface area contributed by atoms with Crippen molar-refractivity contribution in [3.8, 4) is 0 Å². The number of rotatable bonds is 6. The van der Waals surface area contributed by atoms with Gasteiger partial charge < -0.3 is 14.4 Å². The highest BCUT2D eigenvalue weighted by atomic mass is 16.2. The third-order valence-electron chi connectivity index (χ3n) is 6.17. The normalized spacial score (nSPS) is 18.2. The average molecular weight is 381 g/mol. The van der Waals surface area contributed by atoms with Crippen LogP contribution in [0.15, 0.2) is 42.6 Å². The second-order valence-electron chi connectivity index (χ2n) is 7.88. The fourth-order valence-electron chi connectivity index (χ4n) is 4.55. The van der Waals surface area contributed by atoms with Crippen molar-refractivity contribution < 1.29 is 4.79 Å². The molecule has 0 bridgehead atoms. The lowest BCUT2D eigenvalue weighted by molar-refractivity contribution is 0.0753. The van der Waals surface area contributed by atoms with E-state index < -0.39 is 0 Å². The SMILES string of the molecule is CCn1ccc2c1CCCN(CCCN1CCN(c3ccccc3)CC1)C2=O. The molecule has 1 saturated heterocycles. The van der Waals surface area contributed by atoms with Gasteiger partial charge >= 0.3 is 0 Å².